The lowest BCUT2D eigenvalue weighted by Gasteiger charge is -2.39. The zero-order chi connectivity index (χ0) is 26.7. The molecule has 1 aromatic carbocycles. The summed E-state index contributed by atoms with van der Waals surface area (Å²) >= 11 is 0. The highest BCUT2D eigenvalue weighted by molar-refractivity contribution is 7.89. The number of nitriles is 1. The minimum absolute atomic E-state index is 0.178. The van der Waals surface area contributed by atoms with E-state index in [1.54, 1.807) is 22.6 Å². The van der Waals surface area contributed by atoms with E-state index >= 15 is 0 Å². The number of methoxy groups -OCH3 is 1. The lowest BCUT2D eigenvalue weighted by Crippen LogP contribution is -2.50. The van der Waals surface area contributed by atoms with Gasteiger partial charge in [-0.3, -0.25) is 4.90 Å². The number of hydrogen-bond acceptors (Lipinski definition) is 10. The Kier molecular flexibility index (Phi) is 7.66. The fourth-order valence-electron chi connectivity index (χ4n) is 5.07. The van der Waals surface area contributed by atoms with Crippen molar-refractivity contribution in [1.82, 2.24) is 24.2 Å². The molecule has 0 radical (unpaired) electrons. The highest BCUT2D eigenvalue weighted by Crippen LogP contribution is 2.33. The van der Waals surface area contributed by atoms with Gasteiger partial charge in [0.15, 0.2) is 0 Å². The number of ether oxygens (including phenoxy) is 2. The second-order valence-electron chi connectivity index (χ2n) is 9.23. The van der Waals surface area contributed by atoms with E-state index in [1.807, 2.05) is 6.92 Å². The van der Waals surface area contributed by atoms with Gasteiger partial charge in [0.1, 0.15) is 23.3 Å². The van der Waals surface area contributed by atoms with E-state index in [2.05, 4.69) is 36.6 Å². The molecule has 5 rings (SSSR count). The number of H-pyrrole nitrogens is 1. The van der Waals surface area contributed by atoms with Crippen LogP contribution in [-0.4, -0.2) is 91.7 Å². The van der Waals surface area contributed by atoms with Crippen LogP contribution in [0.25, 0.3) is 11.0 Å². The van der Waals surface area contributed by atoms with Crippen molar-refractivity contribution in [2.24, 2.45) is 0 Å². The van der Waals surface area contributed by atoms with Crippen LogP contribution in [0.4, 0.5) is 17.5 Å². The van der Waals surface area contributed by atoms with Crippen molar-refractivity contribution in [3.8, 4) is 11.8 Å². The van der Waals surface area contributed by atoms with Gasteiger partial charge in [-0.2, -0.15) is 19.5 Å². The fourth-order valence-corrected chi connectivity index (χ4v) is 6.55. The van der Waals surface area contributed by atoms with Crippen molar-refractivity contribution in [1.29, 1.82) is 5.26 Å². The van der Waals surface area contributed by atoms with Gasteiger partial charge in [-0.05, 0) is 31.9 Å². The van der Waals surface area contributed by atoms with E-state index in [0.29, 0.717) is 59.5 Å². The molecule has 38 heavy (non-hydrogen) atoms. The van der Waals surface area contributed by atoms with E-state index in [9.17, 15) is 13.7 Å². The molecule has 0 aliphatic carbocycles. The highest BCUT2D eigenvalue weighted by atomic mass is 32.2. The van der Waals surface area contributed by atoms with Crippen molar-refractivity contribution in [3.05, 3.63) is 30.0 Å². The maximum Gasteiger partial charge on any atom is 0.243 e. The van der Waals surface area contributed by atoms with Crippen LogP contribution in [0.15, 0.2) is 29.3 Å². The van der Waals surface area contributed by atoms with Crippen LogP contribution in [0.1, 0.15) is 25.3 Å². The molecular weight excluding hydrogens is 508 g/mol. The number of rotatable bonds is 8. The molecule has 0 unspecified atom stereocenters. The summed E-state index contributed by atoms with van der Waals surface area (Å²) in [6.07, 6.45) is 3.19. The molecule has 13 heteroatoms. The number of piperidine rings is 1. The Morgan fingerprint density at radius 3 is 2.66 bits per heavy atom. The van der Waals surface area contributed by atoms with Gasteiger partial charge in [-0.15, -0.1) is 0 Å². The predicted molar refractivity (Wildman–Crippen MR) is 143 cm³/mol. The van der Waals surface area contributed by atoms with E-state index in [1.165, 1.54) is 13.2 Å². The van der Waals surface area contributed by atoms with Crippen molar-refractivity contribution < 1.29 is 17.9 Å². The normalized spacial score (nSPS) is 17.8. The minimum atomic E-state index is -3.68. The van der Waals surface area contributed by atoms with Crippen molar-refractivity contribution in [3.63, 3.8) is 0 Å². The quantitative estimate of drug-likeness (QED) is 0.389. The van der Waals surface area contributed by atoms with Crippen molar-refractivity contribution in [2.45, 2.75) is 30.7 Å². The zero-order valence-corrected chi connectivity index (χ0v) is 22.3. The topological polar surface area (TPSA) is 148 Å². The van der Waals surface area contributed by atoms with Gasteiger partial charge in [0.05, 0.1) is 41.9 Å². The summed E-state index contributed by atoms with van der Waals surface area (Å²) in [6, 6.07) is 7.28. The van der Waals surface area contributed by atoms with E-state index < -0.39 is 10.0 Å². The molecule has 3 N–H and O–H groups in total. The van der Waals surface area contributed by atoms with Gasteiger partial charge in [-0.1, -0.05) is 0 Å². The molecule has 2 fully saturated rings. The Hall–Kier alpha value is -3.44. The predicted octanol–water partition coefficient (Wildman–Crippen LogP) is 2.50. The Morgan fingerprint density at radius 1 is 1.21 bits per heavy atom. The average molecular weight is 541 g/mol. The summed E-state index contributed by atoms with van der Waals surface area (Å²) in [5, 5.41) is 16.3. The maximum absolute atomic E-state index is 13.5. The summed E-state index contributed by atoms with van der Waals surface area (Å²) in [6.45, 7) is 6.79. The van der Waals surface area contributed by atoms with Gasteiger partial charge in [0, 0.05) is 51.0 Å². The van der Waals surface area contributed by atoms with Gasteiger partial charge in [-0.25, -0.2) is 8.42 Å². The Morgan fingerprint density at radius 2 is 1.97 bits per heavy atom. The maximum atomic E-state index is 13.5. The molecule has 12 nitrogen and oxygen atoms in total. The zero-order valence-electron chi connectivity index (χ0n) is 21.5. The molecule has 0 spiro atoms. The fraction of sp³-hybridized carbons (Fsp3) is 0.480. The number of benzene rings is 1. The van der Waals surface area contributed by atoms with Crippen LogP contribution in [0.5, 0.6) is 5.75 Å². The van der Waals surface area contributed by atoms with E-state index in [0.717, 1.165) is 39.1 Å². The molecular formula is C25H32N8O4S. The average Bonchev–Trinajstić information content (AvgIpc) is 3.37. The van der Waals surface area contributed by atoms with Crippen LogP contribution < -0.4 is 15.4 Å². The Labute approximate surface area is 222 Å². The first-order valence-corrected chi connectivity index (χ1v) is 14.2. The number of aromatic nitrogens is 3. The third-order valence-electron chi connectivity index (χ3n) is 7.04. The number of hydrogen-bond donors (Lipinski definition) is 3. The van der Waals surface area contributed by atoms with Crippen LogP contribution in [0.2, 0.25) is 0 Å². The molecule has 3 aromatic rings. The summed E-state index contributed by atoms with van der Waals surface area (Å²) in [7, 11) is -2.19. The summed E-state index contributed by atoms with van der Waals surface area (Å²) < 4.78 is 39.5. The summed E-state index contributed by atoms with van der Waals surface area (Å²) in [5.74, 6) is 1.16. The first-order chi connectivity index (χ1) is 18.4. The molecule has 0 atom stereocenters. The molecule has 202 valence electrons. The van der Waals surface area contributed by atoms with Gasteiger partial charge in [0.2, 0.25) is 16.0 Å². The van der Waals surface area contributed by atoms with Gasteiger partial charge in [0.25, 0.3) is 0 Å². The molecule has 2 aliphatic heterocycles. The monoisotopic (exact) mass is 540 g/mol. The standard InChI is InChI=1S/C25H32N8O4S/c1-3-27-23-22-17(15-26)16-28-24(22)31-25(30-23)29-20-5-4-19(14-21(20)36-2)38(34,35)33-8-6-18(7-9-33)32-10-12-37-13-11-32/h4-5,14,16,18H,3,6-13H2,1-2H3,(H3,27,28,29,30,31). The number of anilines is 3. The molecule has 0 bridgehead atoms. The number of morpholine rings is 1. The Bertz CT molecular complexity index is 1440. The molecule has 0 amide bonds. The lowest BCUT2D eigenvalue weighted by molar-refractivity contribution is 0.00610. The van der Waals surface area contributed by atoms with E-state index in [4.69, 9.17) is 9.47 Å². The number of aromatic amines is 1. The van der Waals surface area contributed by atoms with Gasteiger partial charge >= 0.3 is 0 Å². The van der Waals surface area contributed by atoms with Crippen LogP contribution in [0.3, 0.4) is 0 Å². The van der Waals surface area contributed by atoms with Crippen LogP contribution >= 0.6 is 0 Å². The number of nitrogens with zero attached hydrogens (tertiary/aromatic N) is 5. The molecule has 4 heterocycles. The van der Waals surface area contributed by atoms with Crippen LogP contribution in [-0.2, 0) is 14.8 Å². The SMILES string of the molecule is CCNc1nc(Nc2ccc(S(=O)(=O)N3CCC(N4CCOCC4)CC3)cc2OC)nc2[nH]cc(C#N)c12. The minimum Gasteiger partial charge on any atom is -0.495 e. The van der Waals surface area contributed by atoms with E-state index in [-0.39, 0.29) is 10.8 Å². The lowest BCUT2D eigenvalue weighted by atomic mass is 10.0. The molecule has 2 saturated heterocycles. The van der Waals surface area contributed by atoms with Crippen molar-refractivity contribution >= 4 is 38.5 Å². The molecule has 2 aliphatic rings. The first-order valence-electron chi connectivity index (χ1n) is 12.7. The smallest absolute Gasteiger partial charge is 0.243 e. The Balaban J connectivity index is 1.34. The number of nitrogens with one attached hydrogen (secondary N) is 3. The number of fused-ring (bicyclic) bond motifs is 1. The third-order valence-corrected chi connectivity index (χ3v) is 8.93. The summed E-state index contributed by atoms with van der Waals surface area (Å²) in [4.78, 5) is 14.6. The molecule has 2 aromatic heterocycles. The van der Waals surface area contributed by atoms with Crippen LogP contribution in [0, 0.1) is 11.3 Å². The summed E-state index contributed by atoms with van der Waals surface area (Å²) in [5.41, 5.74) is 1.48. The second-order valence-corrected chi connectivity index (χ2v) is 11.2. The highest BCUT2D eigenvalue weighted by Gasteiger charge is 2.32. The number of sulfonamides is 1. The third kappa shape index (κ3) is 5.12. The first kappa shape index (κ1) is 26.2. The molecule has 0 saturated carbocycles. The van der Waals surface area contributed by atoms with Crippen molar-refractivity contribution in [2.75, 3.05) is 63.7 Å². The largest absolute Gasteiger partial charge is 0.495 e. The second kappa shape index (κ2) is 11.1. The van der Waals surface area contributed by atoms with Gasteiger partial charge < -0.3 is 25.1 Å².